The molecule has 0 saturated heterocycles. The molecular formula is C19H11Cl2N3O. The summed E-state index contributed by atoms with van der Waals surface area (Å²) in [7, 11) is 0. The van der Waals surface area contributed by atoms with Gasteiger partial charge < -0.3 is 10.5 Å². The topological polar surface area (TPSA) is 82.8 Å². The van der Waals surface area contributed by atoms with E-state index >= 15 is 0 Å². The highest BCUT2D eigenvalue weighted by Crippen LogP contribution is 2.45. The summed E-state index contributed by atoms with van der Waals surface area (Å²) in [6.45, 7) is 0. The number of ether oxygens (including phenoxy) is 1. The summed E-state index contributed by atoms with van der Waals surface area (Å²) in [5.74, 6) is -0.493. The first-order valence-corrected chi connectivity index (χ1v) is 8.05. The van der Waals surface area contributed by atoms with Crippen molar-refractivity contribution < 1.29 is 4.74 Å². The Kier molecular flexibility index (Phi) is 4.67. The van der Waals surface area contributed by atoms with Crippen LogP contribution in [0.4, 0.5) is 0 Å². The molecule has 6 heteroatoms. The maximum absolute atomic E-state index is 9.78. The van der Waals surface area contributed by atoms with E-state index < -0.39 is 5.92 Å². The molecule has 1 aliphatic rings. The minimum atomic E-state index is -0.745. The van der Waals surface area contributed by atoms with E-state index in [1.807, 2.05) is 24.3 Å². The lowest BCUT2D eigenvalue weighted by atomic mass is 9.82. The number of hydrogen-bond acceptors (Lipinski definition) is 4. The summed E-state index contributed by atoms with van der Waals surface area (Å²) >= 11 is 12.4. The van der Waals surface area contributed by atoms with Gasteiger partial charge in [-0.25, -0.2) is 0 Å². The smallest absolute Gasteiger partial charge is 0.205 e. The Morgan fingerprint density at radius 1 is 0.920 bits per heavy atom. The van der Waals surface area contributed by atoms with E-state index in [1.54, 1.807) is 30.3 Å². The maximum Gasteiger partial charge on any atom is 0.205 e. The first-order valence-electron chi connectivity index (χ1n) is 7.29. The van der Waals surface area contributed by atoms with Crippen LogP contribution in [0.5, 0.6) is 0 Å². The molecule has 0 amide bonds. The quantitative estimate of drug-likeness (QED) is 0.830. The van der Waals surface area contributed by atoms with Gasteiger partial charge in [-0.05, 0) is 11.6 Å². The molecule has 0 radical (unpaired) electrons. The predicted molar refractivity (Wildman–Crippen MR) is 96.1 cm³/mol. The molecule has 1 unspecified atom stereocenters. The van der Waals surface area contributed by atoms with Crippen LogP contribution < -0.4 is 5.73 Å². The number of nitriles is 2. The molecule has 122 valence electrons. The van der Waals surface area contributed by atoms with Crippen LogP contribution in [0.25, 0.3) is 5.76 Å². The van der Waals surface area contributed by atoms with Crippen molar-refractivity contribution in [3.8, 4) is 12.1 Å². The summed E-state index contributed by atoms with van der Waals surface area (Å²) in [6, 6.07) is 18.3. The average molecular weight is 368 g/mol. The van der Waals surface area contributed by atoms with E-state index in [0.717, 1.165) is 0 Å². The van der Waals surface area contributed by atoms with Crippen molar-refractivity contribution in [3.05, 3.63) is 86.7 Å². The van der Waals surface area contributed by atoms with E-state index in [1.165, 1.54) is 0 Å². The molecule has 25 heavy (non-hydrogen) atoms. The van der Waals surface area contributed by atoms with Crippen molar-refractivity contribution in [2.45, 2.75) is 5.92 Å². The zero-order valence-electron chi connectivity index (χ0n) is 12.8. The molecule has 0 saturated carbocycles. The molecule has 2 N–H and O–H groups in total. The number of halogens is 2. The van der Waals surface area contributed by atoms with E-state index in [-0.39, 0.29) is 22.1 Å². The summed E-state index contributed by atoms with van der Waals surface area (Å²) in [6.07, 6.45) is 0. The Bertz CT molecular complexity index is 982. The molecule has 0 spiro atoms. The van der Waals surface area contributed by atoms with Crippen molar-refractivity contribution in [3.63, 3.8) is 0 Å². The van der Waals surface area contributed by atoms with Crippen LogP contribution in [0.1, 0.15) is 17.0 Å². The van der Waals surface area contributed by atoms with Gasteiger partial charge in [-0.3, -0.25) is 0 Å². The number of rotatable bonds is 2. The Hall–Kier alpha value is -2.92. The van der Waals surface area contributed by atoms with Crippen molar-refractivity contribution in [2.75, 3.05) is 0 Å². The number of nitrogens with zero attached hydrogens (tertiary/aromatic N) is 2. The summed E-state index contributed by atoms with van der Waals surface area (Å²) in [4.78, 5) is 0. The molecule has 0 fully saturated rings. The van der Waals surface area contributed by atoms with E-state index in [0.29, 0.717) is 21.9 Å². The average Bonchev–Trinajstić information content (AvgIpc) is 2.64. The number of benzene rings is 2. The predicted octanol–water partition coefficient (Wildman–Crippen LogP) is 4.74. The van der Waals surface area contributed by atoms with Crippen molar-refractivity contribution in [1.82, 2.24) is 0 Å². The second-order valence-corrected chi connectivity index (χ2v) is 6.07. The number of allylic oxidation sites excluding steroid dienone is 2. The van der Waals surface area contributed by atoms with Crippen LogP contribution in [-0.2, 0) is 4.74 Å². The fourth-order valence-corrected chi connectivity index (χ4v) is 3.15. The maximum atomic E-state index is 9.78. The highest BCUT2D eigenvalue weighted by molar-refractivity contribution is 6.42. The van der Waals surface area contributed by atoms with Crippen LogP contribution in [0.3, 0.4) is 0 Å². The van der Waals surface area contributed by atoms with Gasteiger partial charge in [-0.2, -0.15) is 10.5 Å². The fraction of sp³-hybridized carbons (Fsp3) is 0.0526. The Morgan fingerprint density at radius 3 is 2.24 bits per heavy atom. The molecule has 2 aromatic rings. The van der Waals surface area contributed by atoms with Crippen LogP contribution in [-0.4, -0.2) is 0 Å². The first kappa shape index (κ1) is 16.9. The highest BCUT2D eigenvalue weighted by atomic mass is 35.5. The highest BCUT2D eigenvalue weighted by Gasteiger charge is 2.35. The van der Waals surface area contributed by atoms with Gasteiger partial charge in [-0.1, -0.05) is 65.7 Å². The van der Waals surface area contributed by atoms with Crippen molar-refractivity contribution in [2.24, 2.45) is 5.73 Å². The van der Waals surface area contributed by atoms with Crippen LogP contribution >= 0.6 is 23.2 Å². The first-order chi connectivity index (χ1) is 12.1. The van der Waals surface area contributed by atoms with Gasteiger partial charge in [0.15, 0.2) is 5.76 Å². The second kappa shape index (κ2) is 6.91. The summed E-state index contributed by atoms with van der Waals surface area (Å²) < 4.78 is 5.62. The lowest BCUT2D eigenvalue weighted by molar-refractivity contribution is 0.357. The third kappa shape index (κ3) is 2.94. The minimum Gasteiger partial charge on any atom is -0.439 e. The molecule has 4 nitrogen and oxygen atoms in total. The zero-order chi connectivity index (χ0) is 18.0. The molecule has 1 heterocycles. The van der Waals surface area contributed by atoms with E-state index in [2.05, 4.69) is 6.07 Å². The normalized spacial score (nSPS) is 16.9. The largest absolute Gasteiger partial charge is 0.439 e. The molecule has 3 rings (SSSR count). The molecule has 0 bridgehead atoms. The molecular weight excluding hydrogens is 357 g/mol. The molecule has 0 aromatic heterocycles. The van der Waals surface area contributed by atoms with Crippen LogP contribution in [0.2, 0.25) is 10.0 Å². The van der Waals surface area contributed by atoms with E-state index in [4.69, 9.17) is 33.7 Å². The lowest BCUT2D eigenvalue weighted by Gasteiger charge is -2.26. The molecule has 0 aliphatic carbocycles. The van der Waals surface area contributed by atoms with Gasteiger partial charge in [0.25, 0.3) is 0 Å². The van der Waals surface area contributed by atoms with Gasteiger partial charge in [0.2, 0.25) is 5.88 Å². The molecule has 1 atom stereocenters. The van der Waals surface area contributed by atoms with Crippen LogP contribution in [0.15, 0.2) is 65.6 Å². The minimum absolute atomic E-state index is 0.0543. The number of hydrogen-bond donors (Lipinski definition) is 1. The molecule has 2 aromatic carbocycles. The van der Waals surface area contributed by atoms with Crippen LogP contribution in [0, 0.1) is 22.7 Å². The zero-order valence-corrected chi connectivity index (χ0v) is 14.3. The van der Waals surface area contributed by atoms with Crippen molar-refractivity contribution >= 4 is 29.0 Å². The monoisotopic (exact) mass is 367 g/mol. The Labute approximate surface area is 155 Å². The van der Waals surface area contributed by atoms with Gasteiger partial charge in [-0.15, -0.1) is 0 Å². The second-order valence-electron chi connectivity index (χ2n) is 5.29. The standard InChI is InChI=1S/C19H11Cl2N3O/c20-15-8-4-7-12(17(15)21)16-13(9-22)18(11-5-2-1-3-6-11)25-19(24)14(16)10-23/h1-8,16H,24H2. The van der Waals surface area contributed by atoms with Gasteiger partial charge in [0.05, 0.1) is 27.6 Å². The third-order valence-corrected chi connectivity index (χ3v) is 4.70. The third-order valence-electron chi connectivity index (χ3n) is 3.87. The van der Waals surface area contributed by atoms with Gasteiger partial charge in [0.1, 0.15) is 11.6 Å². The van der Waals surface area contributed by atoms with Gasteiger partial charge in [0, 0.05) is 5.56 Å². The Morgan fingerprint density at radius 2 is 1.60 bits per heavy atom. The Balaban J connectivity index is 2.30. The molecule has 1 aliphatic heterocycles. The SMILES string of the molecule is N#CC1=C(N)OC(c2ccccc2)=C(C#N)C1c1cccc(Cl)c1Cl. The fourth-order valence-electron chi connectivity index (χ4n) is 2.73. The lowest BCUT2D eigenvalue weighted by Crippen LogP contribution is -2.20. The van der Waals surface area contributed by atoms with Crippen molar-refractivity contribution in [1.29, 1.82) is 10.5 Å². The van der Waals surface area contributed by atoms with Gasteiger partial charge >= 0.3 is 0 Å². The summed E-state index contributed by atoms with van der Waals surface area (Å²) in [5.41, 5.74) is 7.55. The van der Waals surface area contributed by atoms with E-state index in [9.17, 15) is 10.5 Å². The summed E-state index contributed by atoms with van der Waals surface area (Å²) in [5, 5.41) is 19.9. The number of nitrogens with two attached hydrogens (primary N) is 1.